The van der Waals surface area contributed by atoms with Crippen LogP contribution in [0.1, 0.15) is 38.7 Å². The first-order valence-corrected chi connectivity index (χ1v) is 7.32. The smallest absolute Gasteiger partial charge is 0.134 e. The molecule has 1 aromatic rings. The van der Waals surface area contributed by atoms with Gasteiger partial charge in [0.05, 0.1) is 6.10 Å². The third-order valence-corrected chi connectivity index (χ3v) is 4.60. The molecular weight excluding hydrogens is 254 g/mol. The van der Waals surface area contributed by atoms with Crippen LogP contribution in [0, 0.1) is 11.8 Å². The fourth-order valence-corrected chi connectivity index (χ4v) is 3.04. The molecule has 3 atom stereocenters. The molecule has 1 fully saturated rings. The average molecular weight is 275 g/mol. The van der Waals surface area contributed by atoms with E-state index in [1.54, 1.807) is 0 Å². The number of nitrogens with zero attached hydrogens (tertiary/aromatic N) is 1. The summed E-state index contributed by atoms with van der Waals surface area (Å²) in [5, 5.41) is 12.1. The van der Waals surface area contributed by atoms with Crippen molar-refractivity contribution in [3.05, 3.63) is 23.8 Å². The molecule has 0 spiro atoms. The number of benzene rings is 1. The molecule has 4 nitrogen and oxygen atoms in total. The van der Waals surface area contributed by atoms with Gasteiger partial charge in [0.25, 0.3) is 0 Å². The van der Waals surface area contributed by atoms with Gasteiger partial charge in [0.15, 0.2) is 0 Å². The number of rotatable bonds is 2. The molecule has 2 aliphatic rings. The van der Waals surface area contributed by atoms with Gasteiger partial charge in [0.2, 0.25) is 0 Å². The Labute approximate surface area is 119 Å². The van der Waals surface area contributed by atoms with Crippen LogP contribution in [0.2, 0.25) is 0 Å². The number of ether oxygens (including phenoxy) is 2. The van der Waals surface area contributed by atoms with E-state index in [1.165, 1.54) is 6.42 Å². The molecule has 1 heterocycles. The highest BCUT2D eigenvalue weighted by molar-refractivity contribution is 6.05. The molecular formula is C16H21NO3. The van der Waals surface area contributed by atoms with E-state index in [9.17, 15) is 0 Å². The van der Waals surface area contributed by atoms with Crippen LogP contribution in [0.15, 0.2) is 23.4 Å². The van der Waals surface area contributed by atoms with Gasteiger partial charge in [-0.05, 0) is 43.2 Å². The first-order valence-electron chi connectivity index (χ1n) is 7.32. The van der Waals surface area contributed by atoms with E-state index >= 15 is 0 Å². The highest BCUT2D eigenvalue weighted by Crippen LogP contribution is 2.34. The van der Waals surface area contributed by atoms with Crippen molar-refractivity contribution in [3.8, 4) is 11.5 Å². The van der Waals surface area contributed by atoms with E-state index < -0.39 is 0 Å². The van der Waals surface area contributed by atoms with E-state index in [0.29, 0.717) is 24.3 Å². The summed E-state index contributed by atoms with van der Waals surface area (Å²) in [5.41, 5.74) is 1.43. The molecule has 1 aliphatic carbocycles. The quantitative estimate of drug-likeness (QED) is 0.664. The summed E-state index contributed by atoms with van der Waals surface area (Å²) in [7, 11) is 0. The fraction of sp³-hybridized carbons (Fsp3) is 0.562. The Balaban J connectivity index is 1.70. The monoisotopic (exact) mass is 275 g/mol. The van der Waals surface area contributed by atoms with Gasteiger partial charge in [-0.3, -0.25) is 0 Å². The normalized spacial score (nSPS) is 30.9. The van der Waals surface area contributed by atoms with Crippen molar-refractivity contribution in [2.75, 3.05) is 6.61 Å². The molecule has 0 amide bonds. The zero-order valence-corrected chi connectivity index (χ0v) is 12.0. The first kappa shape index (κ1) is 13.3. The molecule has 108 valence electrons. The Morgan fingerprint density at radius 1 is 1.25 bits per heavy atom. The standard InChI is InChI=1S/C16H21NO3/c1-10-3-4-12(7-11(10)2)20-13-5-6-14-15(17-18)9-19-16(14)8-13/h5-6,8,10-12,18H,3-4,7,9H2,1-2H3. The van der Waals surface area contributed by atoms with Gasteiger partial charge in [-0.2, -0.15) is 0 Å². The van der Waals surface area contributed by atoms with Crippen LogP contribution >= 0.6 is 0 Å². The van der Waals surface area contributed by atoms with Crippen LogP contribution in [-0.4, -0.2) is 23.6 Å². The third kappa shape index (κ3) is 2.47. The maximum atomic E-state index is 8.87. The lowest BCUT2D eigenvalue weighted by Crippen LogP contribution is -2.28. The van der Waals surface area contributed by atoms with Crippen LogP contribution < -0.4 is 9.47 Å². The molecule has 0 radical (unpaired) electrons. The van der Waals surface area contributed by atoms with Crippen molar-refractivity contribution in [3.63, 3.8) is 0 Å². The van der Waals surface area contributed by atoms with Crippen LogP contribution in [0.3, 0.4) is 0 Å². The van der Waals surface area contributed by atoms with Crippen LogP contribution in [-0.2, 0) is 0 Å². The Morgan fingerprint density at radius 2 is 2.10 bits per heavy atom. The molecule has 1 saturated carbocycles. The maximum absolute atomic E-state index is 8.87. The van der Waals surface area contributed by atoms with Gasteiger partial charge in [-0.1, -0.05) is 19.0 Å². The number of fused-ring (bicyclic) bond motifs is 1. The van der Waals surface area contributed by atoms with Crippen molar-refractivity contribution in [1.82, 2.24) is 0 Å². The van der Waals surface area contributed by atoms with Crippen molar-refractivity contribution >= 4 is 5.71 Å². The van der Waals surface area contributed by atoms with Gasteiger partial charge in [0.1, 0.15) is 23.8 Å². The highest BCUT2D eigenvalue weighted by Gasteiger charge is 2.26. The number of oxime groups is 1. The van der Waals surface area contributed by atoms with Gasteiger partial charge in [-0.25, -0.2) is 0 Å². The SMILES string of the molecule is CC1CCC(Oc2ccc3c(c2)OCC3=NO)CC1C. The van der Waals surface area contributed by atoms with E-state index in [4.69, 9.17) is 14.7 Å². The Bertz CT molecular complexity index is 526. The Hall–Kier alpha value is -1.71. The molecule has 1 N–H and O–H groups in total. The lowest BCUT2D eigenvalue weighted by atomic mass is 9.80. The molecule has 20 heavy (non-hydrogen) atoms. The largest absolute Gasteiger partial charge is 0.490 e. The molecule has 4 heteroatoms. The minimum atomic E-state index is 0.298. The zero-order chi connectivity index (χ0) is 14.1. The Morgan fingerprint density at radius 3 is 2.85 bits per heavy atom. The second-order valence-electron chi connectivity index (χ2n) is 6.00. The van der Waals surface area contributed by atoms with E-state index in [1.807, 2.05) is 18.2 Å². The van der Waals surface area contributed by atoms with Gasteiger partial charge >= 0.3 is 0 Å². The summed E-state index contributed by atoms with van der Waals surface area (Å²) >= 11 is 0. The molecule has 0 aromatic heterocycles. The second-order valence-corrected chi connectivity index (χ2v) is 6.00. The fourth-order valence-electron chi connectivity index (χ4n) is 3.04. The minimum absolute atomic E-state index is 0.298. The van der Waals surface area contributed by atoms with Crippen molar-refractivity contribution in [2.45, 2.75) is 39.2 Å². The number of hydrogen-bond acceptors (Lipinski definition) is 4. The van der Waals surface area contributed by atoms with Gasteiger partial charge < -0.3 is 14.7 Å². The molecule has 0 saturated heterocycles. The highest BCUT2D eigenvalue weighted by atomic mass is 16.5. The summed E-state index contributed by atoms with van der Waals surface area (Å²) in [6, 6.07) is 5.74. The third-order valence-electron chi connectivity index (χ3n) is 4.60. The summed E-state index contributed by atoms with van der Waals surface area (Å²) in [4.78, 5) is 0. The van der Waals surface area contributed by atoms with Crippen molar-refractivity contribution < 1.29 is 14.7 Å². The molecule has 1 aromatic carbocycles. The van der Waals surface area contributed by atoms with Gasteiger partial charge in [-0.15, -0.1) is 0 Å². The minimum Gasteiger partial charge on any atom is -0.490 e. The zero-order valence-electron chi connectivity index (χ0n) is 12.0. The summed E-state index contributed by atoms with van der Waals surface area (Å²) in [6.07, 6.45) is 3.76. The van der Waals surface area contributed by atoms with E-state index in [2.05, 4.69) is 19.0 Å². The predicted octanol–water partition coefficient (Wildman–Crippen LogP) is 3.46. The van der Waals surface area contributed by atoms with E-state index in [0.717, 1.165) is 35.8 Å². The number of hydrogen-bond donors (Lipinski definition) is 1. The van der Waals surface area contributed by atoms with Gasteiger partial charge in [0, 0.05) is 11.6 Å². The molecule has 1 aliphatic heterocycles. The maximum Gasteiger partial charge on any atom is 0.134 e. The topological polar surface area (TPSA) is 51.0 Å². The van der Waals surface area contributed by atoms with Crippen molar-refractivity contribution in [2.24, 2.45) is 17.0 Å². The van der Waals surface area contributed by atoms with Crippen LogP contribution in [0.5, 0.6) is 11.5 Å². The lowest BCUT2D eigenvalue weighted by Gasteiger charge is -2.32. The summed E-state index contributed by atoms with van der Waals surface area (Å²) in [6.45, 7) is 4.95. The average Bonchev–Trinajstić information content (AvgIpc) is 2.85. The molecule has 3 rings (SSSR count). The summed E-state index contributed by atoms with van der Waals surface area (Å²) < 4.78 is 11.6. The lowest BCUT2D eigenvalue weighted by molar-refractivity contribution is 0.100. The second kappa shape index (κ2) is 5.35. The first-order chi connectivity index (χ1) is 9.67. The van der Waals surface area contributed by atoms with Crippen LogP contribution in [0.4, 0.5) is 0 Å². The predicted molar refractivity (Wildman–Crippen MR) is 76.9 cm³/mol. The molecule has 3 unspecified atom stereocenters. The Kier molecular flexibility index (Phi) is 3.55. The van der Waals surface area contributed by atoms with E-state index in [-0.39, 0.29) is 0 Å². The van der Waals surface area contributed by atoms with Crippen LogP contribution in [0.25, 0.3) is 0 Å². The summed E-state index contributed by atoms with van der Waals surface area (Å²) in [5.74, 6) is 3.09. The molecule has 0 bridgehead atoms. The van der Waals surface area contributed by atoms with Crippen molar-refractivity contribution in [1.29, 1.82) is 0 Å².